The molecule has 10 nitrogen and oxygen atoms in total. The van der Waals surface area contributed by atoms with Crippen LogP contribution in [0.5, 0.6) is 0 Å². The van der Waals surface area contributed by atoms with Crippen molar-refractivity contribution in [2.45, 2.75) is 50.9 Å². The summed E-state index contributed by atoms with van der Waals surface area (Å²) in [4.78, 5) is 33.5. The van der Waals surface area contributed by atoms with Crippen molar-refractivity contribution in [2.24, 2.45) is 0 Å². The van der Waals surface area contributed by atoms with Gasteiger partial charge in [-0.2, -0.15) is 0 Å². The Hall–Kier alpha value is -15.3. The number of benzene rings is 16. The lowest BCUT2D eigenvalue weighted by Crippen LogP contribution is -2.15. The Morgan fingerprint density at radius 3 is 1.12 bits per heavy atom. The van der Waals surface area contributed by atoms with Crippen LogP contribution in [0.2, 0.25) is 0 Å². The number of hydrogen-bond acceptors (Lipinski definition) is 6. The van der Waals surface area contributed by atoms with E-state index in [-0.39, 0.29) is 11.3 Å². The van der Waals surface area contributed by atoms with E-state index in [4.69, 9.17) is 29.9 Å². The maximum Gasteiger partial charge on any atom is 0.164 e. The molecule has 0 saturated heterocycles. The molecular weight excluding hydrogens is 1460 g/mol. The third-order valence-electron chi connectivity index (χ3n) is 25.6. The summed E-state index contributed by atoms with van der Waals surface area (Å²) in [6.07, 6.45) is 4.28. The maximum absolute atomic E-state index is 5.88. The highest BCUT2D eigenvalue weighted by Crippen LogP contribution is 2.54. The van der Waals surface area contributed by atoms with Gasteiger partial charge in [-0.05, 0) is 148 Å². The first-order valence-electron chi connectivity index (χ1n) is 41.7. The van der Waals surface area contributed by atoms with Gasteiger partial charge >= 0.3 is 0 Å². The van der Waals surface area contributed by atoms with Gasteiger partial charge in [-0.3, -0.25) is 0 Å². The number of fused-ring (bicyclic) bond motifs is 15. The Kier molecular flexibility index (Phi) is 15.8. The molecule has 6 heterocycles. The van der Waals surface area contributed by atoms with Crippen molar-refractivity contribution in [2.75, 3.05) is 0 Å². The highest BCUT2D eigenvalue weighted by atomic mass is 15.1. The number of rotatable bonds is 13. The van der Waals surface area contributed by atoms with Crippen molar-refractivity contribution in [3.8, 4) is 124 Å². The van der Waals surface area contributed by atoms with Crippen LogP contribution in [-0.4, -0.2) is 48.2 Å². The van der Waals surface area contributed by atoms with Gasteiger partial charge in [-0.25, -0.2) is 29.9 Å². The average Bonchev–Trinajstić information content (AvgIpc) is 1.55. The minimum atomic E-state index is -0.315. The highest BCUT2D eigenvalue weighted by Gasteiger charge is 2.38. The fourth-order valence-corrected chi connectivity index (χ4v) is 20.3. The molecule has 6 aromatic heterocycles. The largest absolute Gasteiger partial charge is 0.307 e. The number of para-hydroxylation sites is 7. The van der Waals surface area contributed by atoms with Crippen LogP contribution in [0.25, 0.3) is 212 Å². The van der Waals surface area contributed by atoms with Crippen molar-refractivity contribution < 1.29 is 0 Å². The second kappa shape index (κ2) is 27.4. The van der Waals surface area contributed by atoms with Gasteiger partial charge in [0.15, 0.2) is 34.9 Å². The molecule has 2 aliphatic rings. The van der Waals surface area contributed by atoms with Crippen LogP contribution in [0.15, 0.2) is 370 Å². The van der Waals surface area contributed by atoms with Crippen LogP contribution < -0.4 is 0 Å². The summed E-state index contributed by atoms with van der Waals surface area (Å²) in [6, 6.07) is 134. The van der Waals surface area contributed by atoms with Crippen molar-refractivity contribution >= 4 is 87.2 Å². The second-order valence-corrected chi connectivity index (χ2v) is 32.6. The molecule has 0 unspecified atom stereocenters. The summed E-state index contributed by atoms with van der Waals surface area (Å²) in [5.41, 5.74) is 28.7. The summed E-state index contributed by atoms with van der Waals surface area (Å²) in [6.45, 7) is 4.75. The number of hydrogen-bond donors (Lipinski definition) is 0. The van der Waals surface area contributed by atoms with E-state index in [2.05, 4.69) is 390 Å². The molecule has 1 fully saturated rings. The second-order valence-electron chi connectivity index (χ2n) is 32.6. The zero-order valence-electron chi connectivity index (χ0n) is 66.1. The molecule has 22 aromatic rings. The Morgan fingerprint density at radius 1 is 0.242 bits per heavy atom. The van der Waals surface area contributed by atoms with Crippen LogP contribution in [0.3, 0.4) is 0 Å². The Balaban J connectivity index is 0.744. The lowest BCUT2D eigenvalue weighted by Gasteiger charge is -2.26. The molecule has 0 radical (unpaired) electrons. The molecular formula is C110H76N10. The van der Waals surface area contributed by atoms with Gasteiger partial charge in [0.05, 0.1) is 66.9 Å². The van der Waals surface area contributed by atoms with Crippen molar-refractivity contribution in [3.05, 3.63) is 387 Å². The van der Waals surface area contributed by atoms with Crippen LogP contribution >= 0.6 is 0 Å². The zero-order chi connectivity index (χ0) is 79.3. The van der Waals surface area contributed by atoms with Crippen molar-refractivity contribution in [1.82, 2.24) is 48.2 Å². The third kappa shape index (κ3) is 10.7. The van der Waals surface area contributed by atoms with Crippen molar-refractivity contribution in [3.63, 3.8) is 0 Å². The van der Waals surface area contributed by atoms with E-state index >= 15 is 0 Å². The van der Waals surface area contributed by atoms with E-state index in [0.717, 1.165) is 170 Å². The molecule has 16 aromatic carbocycles. The van der Waals surface area contributed by atoms with E-state index in [1.165, 1.54) is 49.4 Å². The highest BCUT2D eigenvalue weighted by molar-refractivity contribution is 6.18. The lowest BCUT2D eigenvalue weighted by atomic mass is 9.81. The normalized spacial score (nSPS) is 13.3. The molecule has 0 atom stereocenters. The van der Waals surface area contributed by atoms with Gasteiger partial charge in [0.1, 0.15) is 0 Å². The molecule has 0 bridgehead atoms. The lowest BCUT2D eigenvalue weighted by molar-refractivity contribution is 0.660. The average molecular weight is 1540 g/mol. The van der Waals surface area contributed by atoms with Gasteiger partial charge in [0.2, 0.25) is 0 Å². The van der Waals surface area contributed by atoms with Crippen LogP contribution in [0.1, 0.15) is 62.1 Å². The van der Waals surface area contributed by atoms with Crippen molar-refractivity contribution in [1.29, 1.82) is 0 Å². The summed E-state index contributed by atoms with van der Waals surface area (Å²) in [5.74, 6) is 3.77. The molecule has 0 spiro atoms. The zero-order valence-corrected chi connectivity index (χ0v) is 66.1. The minimum Gasteiger partial charge on any atom is -0.307 e. The molecule has 0 amide bonds. The number of nitrogens with zero attached hydrogens (tertiary/aromatic N) is 10. The summed E-state index contributed by atoms with van der Waals surface area (Å²) in [5, 5.41) is 9.34. The Labute approximate surface area is 693 Å². The fourth-order valence-electron chi connectivity index (χ4n) is 20.3. The van der Waals surface area contributed by atoms with Gasteiger partial charge < -0.3 is 18.3 Å². The van der Waals surface area contributed by atoms with E-state index in [9.17, 15) is 0 Å². The fraction of sp³-hybridized carbons (Fsp3) is 0.0727. The van der Waals surface area contributed by atoms with Crippen LogP contribution in [-0.2, 0) is 5.41 Å². The topological polar surface area (TPSA) is 97.1 Å². The van der Waals surface area contributed by atoms with Gasteiger partial charge in [0, 0.05) is 87.4 Å². The van der Waals surface area contributed by atoms with Crippen LogP contribution in [0, 0.1) is 0 Å². The quantitative estimate of drug-likeness (QED) is 0.114. The molecule has 0 N–H and O–H groups in total. The third-order valence-corrected chi connectivity index (χ3v) is 25.6. The summed E-state index contributed by atoms with van der Waals surface area (Å²) < 4.78 is 10.1. The molecule has 24 rings (SSSR count). The molecule has 120 heavy (non-hydrogen) atoms. The Morgan fingerprint density at radius 2 is 0.592 bits per heavy atom. The molecule has 1 saturated carbocycles. The summed E-state index contributed by atoms with van der Waals surface area (Å²) >= 11 is 0. The van der Waals surface area contributed by atoms with E-state index < -0.39 is 0 Å². The molecule has 566 valence electrons. The Bertz CT molecular complexity index is 7740. The molecule has 2 aliphatic carbocycles. The van der Waals surface area contributed by atoms with Gasteiger partial charge in [-0.15, -0.1) is 0 Å². The van der Waals surface area contributed by atoms with E-state index in [1.54, 1.807) is 0 Å². The monoisotopic (exact) mass is 1540 g/mol. The van der Waals surface area contributed by atoms with E-state index in [1.807, 2.05) is 12.1 Å². The van der Waals surface area contributed by atoms with E-state index in [0.29, 0.717) is 34.9 Å². The SMILES string of the molecule is CC1(C)c2ccccc2-c2ccc(-c3c(-c4nc(-c5ccccc5)nc(-c5cccc(-c6cccc7c6c6ccccc6n7-c6ccc(-c7nc(-c8ccccc8)nc(-c8ccccc8)n7)c(C7CCCC7)c6-n6c7ccccc7c7ccccc76)c5)n4)ccc(-n4c5ccccc5c5ccccc54)c3-n3c4ccccc4c4ccccc43)cc21. The van der Waals surface area contributed by atoms with Gasteiger partial charge in [-0.1, -0.05) is 312 Å². The van der Waals surface area contributed by atoms with Gasteiger partial charge in [0.25, 0.3) is 0 Å². The first kappa shape index (κ1) is 69.1. The molecule has 0 aliphatic heterocycles. The maximum atomic E-state index is 5.88. The first-order chi connectivity index (χ1) is 59.3. The predicted molar refractivity (Wildman–Crippen MR) is 493 cm³/mol. The smallest absolute Gasteiger partial charge is 0.164 e. The number of aromatic nitrogens is 10. The standard InChI is InChI=1S/C110H76N10/c1-110(2)87-51-22-14-42-76(87)77-61-60-73(67-88(77)110)100-86(63-64-97(117-89-52-23-15-43-78(89)79-44-16-24-53-90(79)117)103(100)120-93-56-27-19-47-82(93)83-48-20-28-57-94(83)120)109-115-106(71-38-10-5-11-39-71)112-107(116-109)74-41-30-40-72(66-74)75-50-31-59-96-101(75)84-49-21-29-58-95(84)118(96)98-65-62-85(108-113-104(69-34-6-3-7-35-69)111-105(114-108)70-36-8-4-9-37-70)99(68-32-12-13-33-68)102(98)119-91-54-25-17-45-80(91)81-46-18-26-55-92(81)119/h3-11,14-31,34-68H,12-13,32-33H2,1-2H3. The summed E-state index contributed by atoms with van der Waals surface area (Å²) in [7, 11) is 0. The molecule has 10 heteroatoms. The first-order valence-corrected chi connectivity index (χ1v) is 41.7. The minimum absolute atomic E-state index is 0.181. The predicted octanol–water partition coefficient (Wildman–Crippen LogP) is 27.7. The van der Waals surface area contributed by atoms with Crippen LogP contribution in [0.4, 0.5) is 0 Å².